The van der Waals surface area contributed by atoms with Crippen molar-refractivity contribution in [3.8, 4) is 11.8 Å². The van der Waals surface area contributed by atoms with Crippen molar-refractivity contribution in [2.24, 2.45) is 0 Å². The summed E-state index contributed by atoms with van der Waals surface area (Å²) in [6.07, 6.45) is -4.47. The van der Waals surface area contributed by atoms with Crippen molar-refractivity contribution in [3.63, 3.8) is 0 Å². The van der Waals surface area contributed by atoms with Crippen LogP contribution in [0.25, 0.3) is 0 Å². The molecule has 2 aromatic rings. The molecule has 0 N–H and O–H groups in total. The molecule has 4 rings (SSSR count). The first-order valence-electron chi connectivity index (χ1n) is 15.2. The summed E-state index contributed by atoms with van der Waals surface area (Å²) in [5, 5.41) is 9.21. The number of aryl methyl sites for hydroxylation is 1. The van der Waals surface area contributed by atoms with Crippen molar-refractivity contribution in [2.45, 2.75) is 78.2 Å². The minimum Gasteiger partial charge on any atom is -0.492 e. The van der Waals surface area contributed by atoms with Gasteiger partial charge in [0.2, 0.25) is 0 Å². The molecule has 2 saturated heterocycles. The van der Waals surface area contributed by atoms with Gasteiger partial charge >= 0.3 is 12.3 Å². The lowest BCUT2D eigenvalue weighted by Gasteiger charge is -2.40. The largest absolute Gasteiger partial charge is 0.492 e. The smallest absolute Gasteiger partial charge is 0.417 e. The number of nitrogens with zero attached hydrogens (tertiary/aromatic N) is 5. The van der Waals surface area contributed by atoms with E-state index in [1.54, 1.807) is 35.8 Å². The van der Waals surface area contributed by atoms with Crippen molar-refractivity contribution in [3.05, 3.63) is 53.1 Å². The van der Waals surface area contributed by atoms with E-state index in [2.05, 4.69) is 11.8 Å². The number of amides is 2. The van der Waals surface area contributed by atoms with E-state index < -0.39 is 34.4 Å². The molecule has 0 aromatic heterocycles. The van der Waals surface area contributed by atoms with Gasteiger partial charge in [-0.2, -0.15) is 18.4 Å². The zero-order valence-corrected chi connectivity index (χ0v) is 28.0. The van der Waals surface area contributed by atoms with Crippen LogP contribution in [0.4, 0.5) is 29.3 Å². The lowest BCUT2D eigenvalue weighted by molar-refractivity contribution is -0.137. The maximum atomic E-state index is 13.7. The highest BCUT2D eigenvalue weighted by Gasteiger charge is 2.51. The Balaban J connectivity index is 1.47. The molecule has 0 bridgehead atoms. The number of ether oxygens (including phenoxy) is 2. The molecule has 1 unspecified atom stereocenters. The fraction of sp³-hybridized carbons (Fsp3) is 0.515. The molecular formula is C33H40F3N5O4S. The average Bonchev–Trinajstić information content (AvgIpc) is 3.14. The first-order chi connectivity index (χ1) is 21.4. The fourth-order valence-corrected chi connectivity index (χ4v) is 6.20. The van der Waals surface area contributed by atoms with E-state index in [1.807, 2.05) is 39.8 Å². The van der Waals surface area contributed by atoms with Gasteiger partial charge in [-0.1, -0.05) is 6.92 Å². The maximum absolute atomic E-state index is 13.7. The van der Waals surface area contributed by atoms with Gasteiger partial charge in [-0.3, -0.25) is 14.6 Å². The van der Waals surface area contributed by atoms with Gasteiger partial charge in [0.05, 0.1) is 22.9 Å². The molecule has 9 nitrogen and oxygen atoms in total. The van der Waals surface area contributed by atoms with Crippen molar-refractivity contribution in [1.82, 2.24) is 9.80 Å². The number of carbonyl (C=O) groups is 2. The van der Waals surface area contributed by atoms with Crippen molar-refractivity contribution in [1.29, 1.82) is 5.26 Å². The van der Waals surface area contributed by atoms with E-state index in [-0.39, 0.29) is 22.9 Å². The Morgan fingerprint density at radius 2 is 1.78 bits per heavy atom. The number of thiocarbonyl (C=S) groups is 1. The molecule has 2 amide bonds. The number of alkyl halides is 3. The average molecular weight is 660 g/mol. The molecule has 248 valence electrons. The molecule has 2 fully saturated rings. The highest BCUT2D eigenvalue weighted by atomic mass is 32.1. The van der Waals surface area contributed by atoms with Crippen LogP contribution in [0.5, 0.6) is 5.75 Å². The Bertz CT molecular complexity index is 1550. The number of rotatable bonds is 7. The quantitative estimate of drug-likeness (QED) is 0.317. The summed E-state index contributed by atoms with van der Waals surface area (Å²) in [5.41, 5.74) is -2.00. The first-order valence-corrected chi connectivity index (χ1v) is 15.6. The lowest BCUT2D eigenvalue weighted by atomic mass is 10.0. The summed E-state index contributed by atoms with van der Waals surface area (Å²) >= 11 is 5.68. The lowest BCUT2D eigenvalue weighted by Crippen LogP contribution is -2.55. The summed E-state index contributed by atoms with van der Waals surface area (Å²) < 4.78 is 52.8. The molecule has 2 aliphatic rings. The highest BCUT2D eigenvalue weighted by Crippen LogP contribution is 2.40. The Hall–Kier alpha value is -3.89. The van der Waals surface area contributed by atoms with Gasteiger partial charge in [0, 0.05) is 37.9 Å². The van der Waals surface area contributed by atoms with Crippen LogP contribution in [0.2, 0.25) is 0 Å². The minimum atomic E-state index is -4.78. The van der Waals surface area contributed by atoms with Gasteiger partial charge in [0.25, 0.3) is 5.91 Å². The van der Waals surface area contributed by atoms with Gasteiger partial charge < -0.3 is 19.3 Å². The number of hydrogen-bond donors (Lipinski definition) is 0. The van der Waals surface area contributed by atoms with E-state index in [1.165, 1.54) is 6.07 Å². The molecule has 1 atom stereocenters. The van der Waals surface area contributed by atoms with E-state index in [4.69, 9.17) is 21.7 Å². The van der Waals surface area contributed by atoms with Crippen molar-refractivity contribution < 1.29 is 32.2 Å². The molecule has 2 aliphatic heterocycles. The summed E-state index contributed by atoms with van der Waals surface area (Å²) in [6.45, 7) is 15.8. The van der Waals surface area contributed by atoms with E-state index in [0.29, 0.717) is 50.6 Å². The zero-order valence-electron chi connectivity index (χ0n) is 27.2. The van der Waals surface area contributed by atoms with Gasteiger partial charge in [0.15, 0.2) is 5.11 Å². The topological polar surface area (TPSA) is 89.4 Å². The van der Waals surface area contributed by atoms with Crippen molar-refractivity contribution >= 4 is 40.7 Å². The van der Waals surface area contributed by atoms with Crippen LogP contribution in [0.15, 0.2) is 36.4 Å². The van der Waals surface area contributed by atoms with Crippen LogP contribution in [0, 0.1) is 11.3 Å². The van der Waals surface area contributed by atoms with Gasteiger partial charge in [-0.05, 0) is 102 Å². The summed E-state index contributed by atoms with van der Waals surface area (Å²) in [5.74, 6) is 0.189. The second-order valence-electron chi connectivity index (χ2n) is 13.0. The van der Waals surface area contributed by atoms with Crippen molar-refractivity contribution in [2.75, 3.05) is 42.6 Å². The highest BCUT2D eigenvalue weighted by molar-refractivity contribution is 7.81. The predicted octanol–water partition coefficient (Wildman–Crippen LogP) is 6.38. The minimum absolute atomic E-state index is 0.0306. The third kappa shape index (κ3) is 7.23. The number of carbonyl (C=O) groups excluding carboxylic acids is 2. The van der Waals surface area contributed by atoms with Crippen LogP contribution in [-0.2, 0) is 22.1 Å². The third-order valence-corrected chi connectivity index (χ3v) is 8.46. The predicted molar refractivity (Wildman–Crippen MR) is 173 cm³/mol. The molecule has 0 radical (unpaired) electrons. The number of nitriles is 1. The van der Waals surface area contributed by atoms with Crippen LogP contribution in [-0.4, -0.2) is 76.9 Å². The van der Waals surface area contributed by atoms with Crippen LogP contribution >= 0.6 is 12.2 Å². The molecular weight excluding hydrogens is 619 g/mol. The molecule has 0 saturated carbocycles. The van der Waals surface area contributed by atoms with Gasteiger partial charge in [0.1, 0.15) is 23.5 Å². The summed E-state index contributed by atoms with van der Waals surface area (Å²) in [7, 11) is 0. The second kappa shape index (κ2) is 13.1. The Morgan fingerprint density at radius 3 is 2.37 bits per heavy atom. The molecule has 0 aliphatic carbocycles. The van der Waals surface area contributed by atoms with Crippen LogP contribution < -0.4 is 14.5 Å². The zero-order chi connectivity index (χ0) is 34.2. The Labute approximate surface area is 273 Å². The molecule has 2 aromatic carbocycles. The molecule has 0 spiro atoms. The number of anilines is 2. The first kappa shape index (κ1) is 35.0. The normalized spacial score (nSPS) is 19.0. The molecule has 13 heteroatoms. The fourth-order valence-electron chi connectivity index (χ4n) is 5.67. The van der Waals surface area contributed by atoms with E-state index >= 15 is 0 Å². The standard InChI is InChI=1S/C33H40F3N5O4S/c1-8-22-17-25(11-12-27(22)44-16-15-38-13-14-39(20-21(38)2)30(43)45-31(3,4)5)41-29(46)40(28(42)32(41,6)7)24-10-9-23(19-37)26(18-24)33(34,35)36/h9-12,17-18,21H,8,13-16,20H2,1-7H3. The van der Waals surface area contributed by atoms with Crippen LogP contribution in [0.3, 0.4) is 0 Å². The number of benzene rings is 2. The SMILES string of the molecule is CCc1cc(N2C(=S)N(c3ccc(C#N)c(C(F)(F)F)c3)C(=O)C2(C)C)ccc1OCCN1CCN(C(=O)OC(C)(C)C)CC1C. The molecule has 2 heterocycles. The number of piperazine rings is 1. The van der Waals surface area contributed by atoms with E-state index in [0.717, 1.165) is 22.6 Å². The number of halogens is 3. The number of hydrogen-bond acceptors (Lipinski definition) is 7. The molecule has 46 heavy (non-hydrogen) atoms. The Kier molecular flexibility index (Phi) is 9.94. The second-order valence-corrected chi connectivity index (χ2v) is 13.3. The maximum Gasteiger partial charge on any atom is 0.417 e. The third-order valence-electron chi connectivity index (χ3n) is 8.09. The summed E-state index contributed by atoms with van der Waals surface area (Å²) in [4.78, 5) is 32.8. The van der Waals surface area contributed by atoms with Crippen LogP contribution in [0.1, 0.15) is 65.2 Å². The monoisotopic (exact) mass is 659 g/mol. The Morgan fingerprint density at radius 1 is 1.11 bits per heavy atom. The van der Waals surface area contributed by atoms with E-state index in [9.17, 15) is 28.0 Å². The summed E-state index contributed by atoms with van der Waals surface area (Å²) in [6, 6.07) is 10.3. The van der Waals surface area contributed by atoms with Gasteiger partial charge in [-0.15, -0.1) is 0 Å². The van der Waals surface area contributed by atoms with Gasteiger partial charge in [-0.25, -0.2) is 4.79 Å².